The lowest BCUT2D eigenvalue weighted by Gasteiger charge is -2.47. The van der Waals surface area contributed by atoms with Crippen LogP contribution in [0.4, 0.5) is 34.1 Å². The fourth-order valence-electron chi connectivity index (χ4n) is 22.8. The molecule has 17 aromatic carbocycles. The summed E-state index contributed by atoms with van der Waals surface area (Å²) in [7, 11) is 0. The van der Waals surface area contributed by atoms with Crippen molar-refractivity contribution in [3.63, 3.8) is 0 Å². The predicted molar refractivity (Wildman–Crippen MR) is 449 cm³/mol. The third-order valence-electron chi connectivity index (χ3n) is 26.6. The van der Waals surface area contributed by atoms with Gasteiger partial charge in [0.1, 0.15) is 0 Å². The Morgan fingerprint density at radius 1 is 0.211 bits per heavy atom. The molecular weight excluding hydrogens is 1310 g/mol. The van der Waals surface area contributed by atoms with Gasteiger partial charge in [-0.1, -0.05) is 322 Å². The van der Waals surface area contributed by atoms with Crippen LogP contribution < -0.4 is 26.2 Å². The monoisotopic (exact) mass is 1380 g/mol. The second-order valence-electron chi connectivity index (χ2n) is 31.1. The molecule has 18 aromatic rings. The first-order valence-corrected chi connectivity index (χ1v) is 38.4. The molecule has 500 valence electrons. The highest BCUT2D eigenvalue weighted by Gasteiger charge is 2.59. The molecule has 4 heteroatoms. The zero-order valence-electron chi connectivity index (χ0n) is 59.2. The summed E-state index contributed by atoms with van der Waals surface area (Å²) in [6.07, 6.45) is 0. The SMILES string of the molecule is c1ccc(-c2ccc(N3c4cc(-n5c6ccccc6c6ccccc65)cc5c4B(c4cc6c(cc4N5c4ccc5c(c4)C4(c7ccccc7-c7ccccc74)c4ccccc4-5)C4(c5ccccc5-c5ccccc54)c4ccccc4-6)c4ccc5c(c43)C3(c4ccccc4-c4ccccc43)c3ccccc3-5)cc2)cc1. The number of nitrogens with zero attached hydrogens (tertiary/aromatic N) is 3. The van der Waals surface area contributed by atoms with E-state index in [0.717, 1.165) is 39.5 Å². The van der Waals surface area contributed by atoms with Gasteiger partial charge in [0.15, 0.2) is 0 Å². The van der Waals surface area contributed by atoms with Crippen LogP contribution in [0.1, 0.15) is 66.8 Å². The van der Waals surface area contributed by atoms with Gasteiger partial charge in [-0.15, -0.1) is 0 Å². The molecule has 6 aliphatic carbocycles. The Morgan fingerprint density at radius 2 is 0.569 bits per heavy atom. The normalized spacial score (nSPS) is 15.0. The summed E-state index contributed by atoms with van der Waals surface area (Å²) in [5.74, 6) is 0. The van der Waals surface area contributed by atoms with E-state index in [1.165, 1.54) is 183 Å². The van der Waals surface area contributed by atoms with E-state index < -0.39 is 16.2 Å². The molecule has 8 aliphatic rings. The molecule has 0 radical (unpaired) electrons. The molecule has 0 fully saturated rings. The van der Waals surface area contributed by atoms with Crippen molar-refractivity contribution in [3.8, 4) is 83.6 Å². The van der Waals surface area contributed by atoms with E-state index in [-0.39, 0.29) is 6.71 Å². The standard InChI is InChI=1S/C105H62BN3/c1-2-26-63(27-3-1)64-50-52-65(53-51-64)109-99-60-67(108-95-48-24-13-37-78(95)79-38-14-25-49-96(79)108)59-98-101(99)106(93-57-56-80-75-35-11-23-47-90(75)105(100(80)102(93)109)88-45-21-9-32-72(88)73-33-10-22-46-89(73)105)94-61-81-76-36-12-20-44-87(76)104(84-41-17-6-30-70(84)71-31-7-18-42-85(71)104)92(81)62-97(94)107(98)66-54-55-77-74-34-8-19-43-86(74)103(91(77)58-66)82-39-15-4-28-68(82)69-29-5-16-40-83(69)103/h1-62H. The average molecular weight is 1380 g/mol. The highest BCUT2D eigenvalue weighted by Crippen LogP contribution is 2.69. The lowest BCUT2D eigenvalue weighted by molar-refractivity contribution is 0.792. The molecule has 0 amide bonds. The second-order valence-corrected chi connectivity index (χ2v) is 31.1. The fraction of sp³-hybridized carbons (Fsp3) is 0.0286. The van der Waals surface area contributed by atoms with E-state index in [1.807, 2.05) is 0 Å². The van der Waals surface area contributed by atoms with Crippen molar-refractivity contribution >= 4 is 79.0 Å². The Kier molecular flexibility index (Phi) is 11.2. The molecule has 109 heavy (non-hydrogen) atoms. The predicted octanol–water partition coefficient (Wildman–Crippen LogP) is 23.6. The van der Waals surface area contributed by atoms with Gasteiger partial charge in [-0.05, 0) is 210 Å². The van der Waals surface area contributed by atoms with Gasteiger partial charge in [-0.3, -0.25) is 0 Å². The molecule has 0 saturated carbocycles. The van der Waals surface area contributed by atoms with Crippen molar-refractivity contribution in [2.24, 2.45) is 0 Å². The molecule has 26 rings (SSSR count). The molecule has 0 saturated heterocycles. The largest absolute Gasteiger partial charge is 0.311 e. The van der Waals surface area contributed by atoms with Crippen molar-refractivity contribution in [1.82, 2.24) is 4.57 Å². The summed E-state index contributed by atoms with van der Waals surface area (Å²) >= 11 is 0. The number of para-hydroxylation sites is 2. The van der Waals surface area contributed by atoms with Crippen LogP contribution in [0.3, 0.4) is 0 Å². The Balaban J connectivity index is 0.850. The number of anilines is 6. The maximum atomic E-state index is 2.76. The van der Waals surface area contributed by atoms with Crippen LogP contribution >= 0.6 is 0 Å². The van der Waals surface area contributed by atoms with Crippen LogP contribution in [-0.4, -0.2) is 11.3 Å². The quantitative estimate of drug-likeness (QED) is 0.163. The number of hydrogen-bond acceptors (Lipinski definition) is 2. The summed E-state index contributed by atoms with van der Waals surface area (Å²) < 4.78 is 2.58. The van der Waals surface area contributed by atoms with Crippen molar-refractivity contribution < 1.29 is 0 Å². The molecular formula is C105H62BN3. The van der Waals surface area contributed by atoms with E-state index in [1.54, 1.807) is 0 Å². The Hall–Kier alpha value is -13.8. The zero-order valence-corrected chi connectivity index (χ0v) is 59.2. The van der Waals surface area contributed by atoms with E-state index in [4.69, 9.17) is 0 Å². The maximum Gasteiger partial charge on any atom is 0.252 e. The molecule has 3 nitrogen and oxygen atoms in total. The van der Waals surface area contributed by atoms with Gasteiger partial charge >= 0.3 is 0 Å². The molecule has 3 spiro atoms. The smallest absolute Gasteiger partial charge is 0.252 e. The van der Waals surface area contributed by atoms with E-state index in [9.17, 15) is 0 Å². The van der Waals surface area contributed by atoms with Gasteiger partial charge in [0.05, 0.1) is 33.0 Å². The van der Waals surface area contributed by atoms with Crippen molar-refractivity contribution in [1.29, 1.82) is 0 Å². The van der Waals surface area contributed by atoms with E-state index in [0.29, 0.717) is 0 Å². The lowest BCUT2D eigenvalue weighted by Crippen LogP contribution is -2.62. The first kappa shape index (κ1) is 58.5. The molecule has 0 unspecified atom stereocenters. The van der Waals surface area contributed by atoms with Crippen LogP contribution in [0.25, 0.3) is 105 Å². The maximum absolute atomic E-state index is 2.76. The number of fused-ring (bicyclic) bond motifs is 38. The topological polar surface area (TPSA) is 11.4 Å². The Morgan fingerprint density at radius 3 is 1.05 bits per heavy atom. The third-order valence-corrected chi connectivity index (χ3v) is 26.6. The van der Waals surface area contributed by atoms with Crippen molar-refractivity contribution in [2.45, 2.75) is 16.2 Å². The van der Waals surface area contributed by atoms with Gasteiger partial charge in [0.2, 0.25) is 0 Å². The lowest BCUT2D eigenvalue weighted by atomic mass is 9.33. The van der Waals surface area contributed by atoms with Crippen molar-refractivity contribution in [3.05, 3.63) is 443 Å². The molecule has 0 N–H and O–H groups in total. The number of benzene rings is 17. The number of rotatable bonds is 4. The van der Waals surface area contributed by atoms with E-state index in [2.05, 4.69) is 390 Å². The minimum absolute atomic E-state index is 0.285. The summed E-state index contributed by atoms with van der Waals surface area (Å²) in [4.78, 5) is 5.51. The third kappa shape index (κ3) is 6.96. The fourth-order valence-corrected chi connectivity index (χ4v) is 22.8. The van der Waals surface area contributed by atoms with E-state index >= 15 is 0 Å². The van der Waals surface area contributed by atoms with Gasteiger partial charge in [-0.25, -0.2) is 0 Å². The minimum Gasteiger partial charge on any atom is -0.311 e. The highest BCUT2D eigenvalue weighted by molar-refractivity contribution is 7.00. The first-order chi connectivity index (χ1) is 54.1. The summed E-state index contributed by atoms with van der Waals surface area (Å²) in [6.45, 7) is -0.285. The van der Waals surface area contributed by atoms with Crippen LogP contribution in [-0.2, 0) is 16.2 Å². The molecule has 1 aromatic heterocycles. The first-order valence-electron chi connectivity index (χ1n) is 38.4. The zero-order chi connectivity index (χ0) is 70.7. The summed E-state index contributed by atoms with van der Waals surface area (Å²) in [6, 6.07) is 146. The van der Waals surface area contributed by atoms with Crippen LogP contribution in [0.5, 0.6) is 0 Å². The van der Waals surface area contributed by atoms with Gasteiger partial charge in [-0.2, -0.15) is 0 Å². The number of hydrogen-bond donors (Lipinski definition) is 0. The van der Waals surface area contributed by atoms with Crippen LogP contribution in [0.15, 0.2) is 376 Å². The Labute approximate surface area is 631 Å². The molecule has 2 aliphatic heterocycles. The minimum atomic E-state index is -0.705. The Bertz CT molecular complexity index is 6930. The average Bonchev–Trinajstić information content (AvgIpc) is 1.56. The molecule has 0 bridgehead atoms. The van der Waals surface area contributed by atoms with Gasteiger partial charge in [0, 0.05) is 50.5 Å². The van der Waals surface area contributed by atoms with Crippen molar-refractivity contribution in [2.75, 3.05) is 9.80 Å². The highest BCUT2D eigenvalue weighted by atomic mass is 15.2. The number of aromatic nitrogens is 1. The summed E-state index contributed by atoms with van der Waals surface area (Å²) in [5.41, 5.74) is 45.7. The van der Waals surface area contributed by atoms with Crippen LogP contribution in [0.2, 0.25) is 0 Å². The summed E-state index contributed by atoms with van der Waals surface area (Å²) in [5, 5.41) is 2.44. The van der Waals surface area contributed by atoms with Gasteiger partial charge < -0.3 is 14.4 Å². The molecule has 0 atom stereocenters. The van der Waals surface area contributed by atoms with Gasteiger partial charge in [0.25, 0.3) is 6.71 Å². The molecule has 3 heterocycles. The second kappa shape index (κ2) is 20.8. The van der Waals surface area contributed by atoms with Crippen LogP contribution in [0, 0.1) is 0 Å².